The molecule has 148 valence electrons. The van der Waals surface area contributed by atoms with Crippen molar-refractivity contribution in [3.8, 4) is 6.07 Å². The summed E-state index contributed by atoms with van der Waals surface area (Å²) in [5.74, 6) is -2.11. The molecule has 7 nitrogen and oxygen atoms in total. The number of Topliss-reactive ketones (excluding diaryl/α,β-unsaturated/α-hetero) is 1. The van der Waals surface area contributed by atoms with Crippen LogP contribution in [0.25, 0.3) is 0 Å². The molecule has 0 spiro atoms. The van der Waals surface area contributed by atoms with Crippen LogP contribution >= 0.6 is 0 Å². The van der Waals surface area contributed by atoms with Gasteiger partial charge in [0.05, 0.1) is 30.9 Å². The van der Waals surface area contributed by atoms with E-state index in [2.05, 4.69) is 10.0 Å². The van der Waals surface area contributed by atoms with Gasteiger partial charge in [-0.05, 0) is 25.1 Å². The fraction of sp³-hybridized carbons (Fsp3) is 0.333. The van der Waals surface area contributed by atoms with E-state index < -0.39 is 33.9 Å². The summed E-state index contributed by atoms with van der Waals surface area (Å²) in [4.78, 5) is 12.3. The van der Waals surface area contributed by atoms with E-state index in [1.807, 2.05) is 6.92 Å². The smallest absolute Gasteiger partial charge is 0.201 e. The molecule has 0 amide bonds. The van der Waals surface area contributed by atoms with Gasteiger partial charge >= 0.3 is 0 Å². The van der Waals surface area contributed by atoms with Crippen LogP contribution in [-0.4, -0.2) is 39.9 Å². The first-order valence-electron chi connectivity index (χ1n) is 8.33. The average Bonchev–Trinajstić information content (AvgIpc) is 2.94. The lowest BCUT2D eigenvalue weighted by Gasteiger charge is -2.37. The summed E-state index contributed by atoms with van der Waals surface area (Å²) in [6.45, 7) is 2.26. The van der Waals surface area contributed by atoms with Gasteiger partial charge in [0.2, 0.25) is 5.78 Å². The summed E-state index contributed by atoms with van der Waals surface area (Å²) >= 11 is 0. The van der Waals surface area contributed by atoms with E-state index in [9.17, 15) is 17.8 Å². The van der Waals surface area contributed by atoms with Gasteiger partial charge in [0.1, 0.15) is 33.5 Å². The molecule has 2 heterocycles. The van der Waals surface area contributed by atoms with E-state index >= 15 is 0 Å². The number of ketones is 1. The van der Waals surface area contributed by atoms with Gasteiger partial charge in [-0.1, -0.05) is 0 Å². The van der Waals surface area contributed by atoms with Gasteiger partial charge in [-0.2, -0.15) is 5.26 Å². The Labute approximate surface area is 162 Å². The molecule has 1 aliphatic rings. The predicted molar refractivity (Wildman–Crippen MR) is 98.1 cm³/mol. The molecule has 1 fully saturated rings. The number of nitrogens with one attached hydrogen (secondary N) is 2. The Morgan fingerprint density at radius 1 is 1.43 bits per heavy atom. The monoisotopic (exact) mass is 408 g/mol. The molecule has 10 heteroatoms. The number of hydrogen-bond donors (Lipinski definition) is 2. The van der Waals surface area contributed by atoms with Crippen molar-refractivity contribution < 1.29 is 22.5 Å². The van der Waals surface area contributed by atoms with E-state index in [4.69, 9.17) is 10.00 Å². The van der Waals surface area contributed by atoms with Crippen LogP contribution in [0, 0.1) is 23.0 Å². The number of hydrogen-bond acceptors (Lipinski definition) is 5. The molecule has 28 heavy (non-hydrogen) atoms. The molecule has 0 saturated carbocycles. The lowest BCUT2D eigenvalue weighted by atomic mass is 10.0. The number of carbonyl (C=O) groups is 1. The Morgan fingerprint density at radius 2 is 2.14 bits per heavy atom. The molecule has 1 atom stereocenters. The molecule has 2 N–H and O–H groups in total. The summed E-state index contributed by atoms with van der Waals surface area (Å²) < 4.78 is 49.7. The highest BCUT2D eigenvalue weighted by Crippen LogP contribution is 2.23. The van der Waals surface area contributed by atoms with Crippen molar-refractivity contribution in [2.45, 2.75) is 17.4 Å². The number of halogens is 2. The van der Waals surface area contributed by atoms with Crippen molar-refractivity contribution in [1.29, 1.82) is 5.26 Å². The molecule has 1 aliphatic heterocycles. The normalized spacial score (nSPS) is 16.1. The number of aromatic nitrogens is 1. The SMILES string of the molecule is Cn1cc(S(=O)NC2(C)COC2)c(F)c1C(=O)CNc1ccc(F)c(C#N)c1. The van der Waals surface area contributed by atoms with Crippen molar-refractivity contribution in [1.82, 2.24) is 9.29 Å². The largest absolute Gasteiger partial charge is 0.377 e. The highest BCUT2D eigenvalue weighted by atomic mass is 32.2. The summed E-state index contributed by atoms with van der Waals surface area (Å²) in [7, 11) is -0.359. The predicted octanol–water partition coefficient (Wildman–Crippen LogP) is 1.87. The molecule has 3 rings (SSSR count). The van der Waals surface area contributed by atoms with Crippen LogP contribution < -0.4 is 10.0 Å². The fourth-order valence-electron chi connectivity index (χ4n) is 2.75. The molecule has 1 unspecified atom stereocenters. The second-order valence-corrected chi connectivity index (χ2v) is 7.96. The maximum Gasteiger partial charge on any atom is 0.201 e. The van der Waals surface area contributed by atoms with Gasteiger partial charge in [-0.25, -0.2) is 17.7 Å². The Balaban J connectivity index is 1.73. The van der Waals surface area contributed by atoms with Crippen molar-refractivity contribution in [2.75, 3.05) is 25.1 Å². The van der Waals surface area contributed by atoms with Crippen molar-refractivity contribution in [2.24, 2.45) is 7.05 Å². The highest BCUT2D eigenvalue weighted by Gasteiger charge is 2.36. The zero-order valence-electron chi connectivity index (χ0n) is 15.2. The van der Waals surface area contributed by atoms with Gasteiger partial charge in [0.15, 0.2) is 5.82 Å². The minimum atomic E-state index is -1.84. The van der Waals surface area contributed by atoms with Crippen molar-refractivity contribution in [3.05, 3.63) is 47.3 Å². The summed E-state index contributed by atoms with van der Waals surface area (Å²) in [5, 5.41) is 11.6. The van der Waals surface area contributed by atoms with Crippen LogP contribution in [0.2, 0.25) is 0 Å². The maximum atomic E-state index is 14.8. The number of ether oxygens (including phenoxy) is 1. The number of aryl methyl sites for hydroxylation is 1. The summed E-state index contributed by atoms with van der Waals surface area (Å²) in [6.07, 6.45) is 1.31. The van der Waals surface area contributed by atoms with Gasteiger partial charge in [0, 0.05) is 18.9 Å². The molecule has 2 aromatic rings. The molecular weight excluding hydrogens is 390 g/mol. The van der Waals surface area contributed by atoms with Crippen LogP contribution in [-0.2, 0) is 22.8 Å². The fourth-order valence-corrected chi connectivity index (χ4v) is 3.94. The standard InChI is InChI=1S/C18H18F2N4O3S/c1-18(9-27-10-18)23-28(26)15-8-24(2)17(16(15)20)14(25)7-22-12-3-4-13(19)11(5-12)6-21/h3-5,8,22-23H,7,9-10H2,1-2H3. The van der Waals surface area contributed by atoms with Crippen molar-refractivity contribution in [3.63, 3.8) is 0 Å². The van der Waals surface area contributed by atoms with E-state index in [-0.39, 0.29) is 22.7 Å². The van der Waals surface area contributed by atoms with Crippen LogP contribution in [0.5, 0.6) is 0 Å². The Morgan fingerprint density at radius 3 is 2.75 bits per heavy atom. The number of benzene rings is 1. The Bertz CT molecular complexity index is 995. The third-order valence-corrected chi connectivity index (χ3v) is 5.63. The van der Waals surface area contributed by atoms with E-state index in [1.165, 1.54) is 29.9 Å². The zero-order valence-corrected chi connectivity index (χ0v) is 16.0. The van der Waals surface area contributed by atoms with Gasteiger partial charge in [-0.15, -0.1) is 0 Å². The molecule has 1 saturated heterocycles. The second-order valence-electron chi connectivity index (χ2n) is 6.77. The minimum absolute atomic E-state index is 0.118. The summed E-state index contributed by atoms with van der Waals surface area (Å²) in [6, 6.07) is 5.44. The van der Waals surface area contributed by atoms with E-state index in [0.717, 1.165) is 6.07 Å². The quantitative estimate of drug-likeness (QED) is 0.682. The first kappa shape index (κ1) is 20.1. The third-order valence-electron chi connectivity index (χ3n) is 4.27. The zero-order chi connectivity index (χ0) is 20.5. The molecule has 0 bridgehead atoms. The molecule has 1 aromatic heterocycles. The number of nitrogens with zero attached hydrogens (tertiary/aromatic N) is 2. The van der Waals surface area contributed by atoms with Gasteiger partial charge < -0.3 is 14.6 Å². The van der Waals surface area contributed by atoms with Gasteiger partial charge in [0.25, 0.3) is 0 Å². The Kier molecular flexibility index (Phi) is 5.60. The topological polar surface area (TPSA) is 96.2 Å². The van der Waals surface area contributed by atoms with E-state index in [1.54, 1.807) is 6.07 Å². The average molecular weight is 408 g/mol. The second kappa shape index (κ2) is 7.79. The summed E-state index contributed by atoms with van der Waals surface area (Å²) in [5.41, 5.74) is -0.542. The van der Waals surface area contributed by atoms with Crippen LogP contribution in [0.4, 0.5) is 14.5 Å². The van der Waals surface area contributed by atoms with Crippen molar-refractivity contribution >= 4 is 22.5 Å². The van der Waals surface area contributed by atoms with Crippen LogP contribution in [0.3, 0.4) is 0 Å². The third kappa shape index (κ3) is 3.96. The lowest BCUT2D eigenvalue weighted by Crippen LogP contribution is -2.58. The number of rotatable bonds is 7. The highest BCUT2D eigenvalue weighted by molar-refractivity contribution is 7.83. The molecule has 0 aliphatic carbocycles. The number of anilines is 1. The Hall–Kier alpha value is -2.61. The number of carbonyl (C=O) groups excluding carboxylic acids is 1. The van der Waals surface area contributed by atoms with Crippen LogP contribution in [0.1, 0.15) is 23.0 Å². The molecular formula is C18H18F2N4O3S. The first-order valence-corrected chi connectivity index (χ1v) is 9.48. The van der Waals surface area contributed by atoms with Gasteiger partial charge in [-0.3, -0.25) is 4.79 Å². The first-order chi connectivity index (χ1) is 13.2. The lowest BCUT2D eigenvalue weighted by molar-refractivity contribution is -0.0517. The van der Waals surface area contributed by atoms with Crippen LogP contribution in [0.15, 0.2) is 29.3 Å². The maximum absolute atomic E-state index is 14.8. The molecule has 1 aromatic carbocycles. The van der Waals surface area contributed by atoms with E-state index in [0.29, 0.717) is 18.9 Å². The number of nitriles is 1. The minimum Gasteiger partial charge on any atom is -0.377 e. The molecule has 0 radical (unpaired) electrons.